The largest absolute Gasteiger partial charge is 0.354 e. The van der Waals surface area contributed by atoms with E-state index < -0.39 is 43.6 Å². The van der Waals surface area contributed by atoms with Crippen molar-refractivity contribution in [2.45, 2.75) is 25.7 Å². The molecule has 0 aromatic carbocycles. The second kappa shape index (κ2) is 6.24. The number of amides is 1. The smallest absolute Gasteiger partial charge is 0.236 e. The average Bonchev–Trinajstić information content (AvgIpc) is 3.15. The lowest BCUT2D eigenvalue weighted by atomic mass is 9.92. The molecule has 2 aromatic rings. The lowest BCUT2D eigenvalue weighted by Gasteiger charge is -2.42. The van der Waals surface area contributed by atoms with E-state index in [1.165, 1.54) is 25.2 Å². The van der Waals surface area contributed by atoms with Crippen LogP contribution in [0.1, 0.15) is 30.6 Å². The maximum absolute atomic E-state index is 12.8. The van der Waals surface area contributed by atoms with Crippen molar-refractivity contribution in [3.05, 3.63) is 18.6 Å². The van der Waals surface area contributed by atoms with Gasteiger partial charge in [0.1, 0.15) is 24.2 Å². The monoisotopic (exact) mass is 320 g/mol. The summed E-state index contributed by atoms with van der Waals surface area (Å²) >= 11 is 0. The van der Waals surface area contributed by atoms with Crippen LogP contribution in [0.2, 0.25) is 0 Å². The fourth-order valence-corrected chi connectivity index (χ4v) is 2.43. The second-order valence-corrected chi connectivity index (χ2v) is 5.04. The van der Waals surface area contributed by atoms with Crippen molar-refractivity contribution in [1.82, 2.24) is 19.9 Å². The first-order valence-electron chi connectivity index (χ1n) is 10.9. The van der Waals surface area contributed by atoms with E-state index >= 15 is 0 Å². The van der Waals surface area contributed by atoms with E-state index in [-0.39, 0.29) is 10.7 Å². The normalized spacial score (nSPS) is 33.5. The fourth-order valence-electron chi connectivity index (χ4n) is 2.43. The predicted octanol–water partition coefficient (Wildman–Crippen LogP) is 1.54. The number of nitrogens with zero attached hydrogens (tertiary/aromatic N) is 5. The molecule has 2 aromatic heterocycles. The van der Waals surface area contributed by atoms with Gasteiger partial charge in [0.15, 0.2) is 0 Å². The molecule has 1 fully saturated rings. The Morgan fingerprint density at radius 1 is 1.70 bits per heavy atom. The molecule has 0 aliphatic carbocycles. The van der Waals surface area contributed by atoms with Gasteiger partial charge in [0.2, 0.25) is 5.91 Å². The fraction of sp³-hybridized carbons (Fsp3) is 0.500. The number of nitriles is 1. The van der Waals surface area contributed by atoms with E-state index in [1.54, 1.807) is 12.3 Å². The number of carbonyl (C=O) groups is 1. The summed E-state index contributed by atoms with van der Waals surface area (Å²) in [6, 6.07) is 1.24. The van der Waals surface area contributed by atoms with Gasteiger partial charge < -0.3 is 14.8 Å². The lowest BCUT2D eigenvalue weighted by Crippen LogP contribution is -2.52. The number of hydrogen-bond acceptors (Lipinski definition) is 5. The Hall–Kier alpha value is -2.62. The van der Waals surface area contributed by atoms with Gasteiger partial charge in [0.05, 0.1) is 23.0 Å². The van der Waals surface area contributed by atoms with Crippen molar-refractivity contribution < 1.29 is 15.8 Å². The van der Waals surface area contributed by atoms with Crippen molar-refractivity contribution >= 4 is 22.8 Å². The number of likely N-dealkylation sites (tertiary alicyclic amines) is 1. The second-order valence-electron chi connectivity index (χ2n) is 5.04. The number of nitrogens with one attached hydrogen (secondary N) is 1. The van der Waals surface area contributed by atoms with E-state index in [4.69, 9.17) is 16.2 Å². The van der Waals surface area contributed by atoms with Crippen LogP contribution in [0.3, 0.4) is 0 Å². The highest BCUT2D eigenvalue weighted by atomic mass is 16.2. The molecule has 1 N–H and O–H groups in total. The van der Waals surface area contributed by atoms with Crippen LogP contribution in [0.15, 0.2) is 18.6 Å². The SMILES string of the molecule is [2H]C([2H])(C#N)C(=O)N1C([2H])([2H])[C@H](N(C)c2ncnc3[nH]ccc23)[C@H](C)C([2H])([2H])C1([2H])[2H]. The molecule has 7 nitrogen and oxygen atoms in total. The highest BCUT2D eigenvalue weighted by Crippen LogP contribution is 2.28. The third kappa shape index (κ3) is 2.84. The summed E-state index contributed by atoms with van der Waals surface area (Å²) in [5.74, 6) is -2.90. The minimum Gasteiger partial charge on any atom is -0.354 e. The summed E-state index contributed by atoms with van der Waals surface area (Å²) in [7, 11) is 1.42. The molecular formula is C16H20N6O. The Bertz CT molecular complexity index is 1060. The van der Waals surface area contributed by atoms with E-state index in [9.17, 15) is 4.79 Å². The lowest BCUT2D eigenvalue weighted by molar-refractivity contribution is -0.131. The Labute approximate surface area is 146 Å². The van der Waals surface area contributed by atoms with Gasteiger partial charge in [-0.15, -0.1) is 0 Å². The quantitative estimate of drug-likeness (QED) is 0.926. The third-order valence-corrected chi connectivity index (χ3v) is 3.59. The first-order chi connectivity index (χ1) is 14.1. The van der Waals surface area contributed by atoms with Crippen LogP contribution < -0.4 is 4.90 Å². The first-order valence-corrected chi connectivity index (χ1v) is 6.89. The Morgan fingerprint density at radius 2 is 2.52 bits per heavy atom. The van der Waals surface area contributed by atoms with Gasteiger partial charge in [-0.05, 0) is 18.4 Å². The van der Waals surface area contributed by atoms with Crippen molar-refractivity contribution in [2.75, 3.05) is 24.9 Å². The summed E-state index contributed by atoms with van der Waals surface area (Å²) in [4.78, 5) is 25.0. The van der Waals surface area contributed by atoms with Crippen molar-refractivity contribution in [3.8, 4) is 6.07 Å². The molecule has 1 aliphatic heterocycles. The molecule has 23 heavy (non-hydrogen) atoms. The topological polar surface area (TPSA) is 88.9 Å². The Kier molecular flexibility index (Phi) is 2.25. The van der Waals surface area contributed by atoms with Gasteiger partial charge in [-0.25, -0.2) is 9.97 Å². The van der Waals surface area contributed by atoms with Crippen LogP contribution >= 0.6 is 0 Å². The molecule has 0 bridgehead atoms. The number of anilines is 1. The van der Waals surface area contributed by atoms with Gasteiger partial charge in [-0.3, -0.25) is 4.79 Å². The van der Waals surface area contributed by atoms with Gasteiger partial charge in [-0.1, -0.05) is 6.92 Å². The number of hydrogen-bond donors (Lipinski definition) is 1. The summed E-state index contributed by atoms with van der Waals surface area (Å²) in [6.07, 6.45) is -3.25. The van der Waals surface area contributed by atoms with Crippen LogP contribution in [0, 0.1) is 17.2 Å². The Balaban J connectivity index is 2.22. The van der Waals surface area contributed by atoms with Crippen LogP contribution in [0.25, 0.3) is 11.0 Å². The maximum atomic E-state index is 12.8. The first kappa shape index (κ1) is 8.29. The molecule has 0 spiro atoms. The summed E-state index contributed by atoms with van der Waals surface area (Å²) in [5.41, 5.74) is 0.438. The standard InChI is InChI=1S/C16H20N6O/c1-11-5-8-22(14(23)3-6-17)9-13(11)21(2)16-12-4-7-18-15(12)19-10-20-16/h4,7,10-11,13H,3,5,8-9H2,1-2H3,(H,18,19,20)/t11-,13+/m1/s1/i3D2,5D2,8D2,9D2. The van der Waals surface area contributed by atoms with E-state index in [1.807, 2.05) is 0 Å². The molecule has 0 unspecified atom stereocenters. The number of aromatic amines is 1. The van der Waals surface area contributed by atoms with Gasteiger partial charge in [0, 0.05) is 31.7 Å². The highest BCUT2D eigenvalue weighted by Gasteiger charge is 2.32. The van der Waals surface area contributed by atoms with Crippen LogP contribution in [-0.2, 0) is 4.79 Å². The number of rotatable bonds is 3. The number of aromatic nitrogens is 3. The summed E-state index contributed by atoms with van der Waals surface area (Å²) < 4.78 is 65.7. The number of carbonyl (C=O) groups excluding carboxylic acids is 1. The highest BCUT2D eigenvalue weighted by molar-refractivity contribution is 5.87. The molecule has 0 radical (unpaired) electrons. The van der Waals surface area contributed by atoms with Gasteiger partial charge in [-0.2, -0.15) is 5.26 Å². The molecule has 1 amide bonds. The molecule has 1 aliphatic rings. The molecule has 2 atom stereocenters. The van der Waals surface area contributed by atoms with Crippen LogP contribution in [0.5, 0.6) is 0 Å². The van der Waals surface area contributed by atoms with Crippen molar-refractivity contribution in [3.63, 3.8) is 0 Å². The summed E-state index contributed by atoms with van der Waals surface area (Å²) in [6.45, 7) is -4.85. The van der Waals surface area contributed by atoms with Crippen LogP contribution in [0.4, 0.5) is 5.82 Å². The molecular weight excluding hydrogens is 292 g/mol. The zero-order valence-corrected chi connectivity index (χ0v) is 12.5. The average molecular weight is 320 g/mol. The number of H-pyrrole nitrogens is 1. The molecule has 1 saturated heterocycles. The van der Waals surface area contributed by atoms with E-state index in [2.05, 4.69) is 15.0 Å². The molecule has 3 heterocycles. The zero-order valence-electron chi connectivity index (χ0n) is 20.5. The Morgan fingerprint density at radius 3 is 3.30 bits per heavy atom. The number of piperidine rings is 1. The molecule has 3 rings (SSSR count). The maximum Gasteiger partial charge on any atom is 0.236 e. The third-order valence-electron chi connectivity index (χ3n) is 3.59. The summed E-state index contributed by atoms with van der Waals surface area (Å²) in [5, 5.41) is 9.52. The molecule has 7 heteroatoms. The van der Waals surface area contributed by atoms with Gasteiger partial charge >= 0.3 is 0 Å². The van der Waals surface area contributed by atoms with E-state index in [0.29, 0.717) is 11.0 Å². The van der Waals surface area contributed by atoms with E-state index in [0.717, 1.165) is 6.07 Å². The van der Waals surface area contributed by atoms with Crippen molar-refractivity contribution in [2.24, 2.45) is 5.92 Å². The minimum absolute atomic E-state index is 0.111. The number of likely N-dealkylation sites (N-methyl/N-ethyl adjacent to an activating group) is 1. The predicted molar refractivity (Wildman–Crippen MR) is 86.7 cm³/mol. The van der Waals surface area contributed by atoms with Gasteiger partial charge in [0.25, 0.3) is 0 Å². The molecule has 120 valence electrons. The zero-order chi connectivity index (χ0) is 23.6. The van der Waals surface area contributed by atoms with Crippen LogP contribution in [-0.4, -0.2) is 51.8 Å². The molecule has 0 saturated carbocycles. The number of fused-ring (bicyclic) bond motifs is 1. The minimum atomic E-state index is -3.26. The van der Waals surface area contributed by atoms with Crippen molar-refractivity contribution in [1.29, 1.82) is 5.26 Å².